The van der Waals surface area contributed by atoms with E-state index in [2.05, 4.69) is 40.2 Å². The van der Waals surface area contributed by atoms with Crippen LogP contribution in [-0.4, -0.2) is 33.1 Å². The topological polar surface area (TPSA) is 71.4 Å². The Morgan fingerprint density at radius 1 is 0.897 bits per heavy atom. The molecule has 4 aromatic carbocycles. The first-order valence-electron chi connectivity index (χ1n) is 12.3. The molecule has 1 fully saturated rings. The molecule has 8 heteroatoms. The van der Waals surface area contributed by atoms with E-state index in [-0.39, 0.29) is 11.4 Å². The van der Waals surface area contributed by atoms with Crippen molar-refractivity contribution in [3.8, 4) is 0 Å². The summed E-state index contributed by atoms with van der Waals surface area (Å²) >= 11 is 6.73. The van der Waals surface area contributed by atoms with E-state index in [1.165, 1.54) is 10.8 Å². The number of nitrogens with one attached hydrogen (secondary N) is 1. The van der Waals surface area contributed by atoms with Crippen LogP contribution in [0, 0.1) is 0 Å². The predicted molar refractivity (Wildman–Crippen MR) is 158 cm³/mol. The van der Waals surface area contributed by atoms with E-state index in [0.29, 0.717) is 17.3 Å². The van der Waals surface area contributed by atoms with Gasteiger partial charge in [0.1, 0.15) is 6.54 Å². The van der Waals surface area contributed by atoms with E-state index in [1.807, 2.05) is 42.6 Å². The molecule has 3 amide bonds. The third kappa shape index (κ3) is 5.19. The lowest BCUT2D eigenvalue weighted by Crippen LogP contribution is -2.36. The minimum Gasteiger partial charge on any atom is -0.342 e. The summed E-state index contributed by atoms with van der Waals surface area (Å²) in [5.41, 5.74) is 3.56. The number of hydrogen-bond acceptors (Lipinski definition) is 4. The fraction of sp³-hybridized carbons (Fsp3) is 0.0645. The number of benzene rings is 4. The quantitative estimate of drug-likeness (QED) is 0.227. The van der Waals surface area contributed by atoms with Gasteiger partial charge in [-0.1, -0.05) is 66.2 Å². The van der Waals surface area contributed by atoms with Crippen molar-refractivity contribution < 1.29 is 14.4 Å². The first-order valence-corrected chi connectivity index (χ1v) is 13.5. The van der Waals surface area contributed by atoms with Crippen molar-refractivity contribution in [2.45, 2.75) is 6.54 Å². The van der Waals surface area contributed by atoms with Gasteiger partial charge in [-0.15, -0.1) is 0 Å². The average Bonchev–Trinajstić information content (AvgIpc) is 3.41. The van der Waals surface area contributed by atoms with E-state index >= 15 is 0 Å². The zero-order chi connectivity index (χ0) is 26.9. The molecule has 6 nitrogen and oxygen atoms in total. The predicted octanol–water partition coefficient (Wildman–Crippen LogP) is 7.17. The molecule has 0 radical (unpaired) electrons. The van der Waals surface area contributed by atoms with Crippen molar-refractivity contribution in [1.29, 1.82) is 0 Å². The van der Waals surface area contributed by atoms with Crippen LogP contribution in [-0.2, 0) is 16.1 Å². The summed E-state index contributed by atoms with van der Waals surface area (Å²) in [7, 11) is 0. The van der Waals surface area contributed by atoms with Crippen molar-refractivity contribution >= 4 is 73.9 Å². The van der Waals surface area contributed by atoms with Crippen LogP contribution in [0.3, 0.4) is 0 Å². The minimum absolute atomic E-state index is 0.285. The van der Waals surface area contributed by atoms with Gasteiger partial charge in [-0.3, -0.25) is 19.3 Å². The summed E-state index contributed by atoms with van der Waals surface area (Å²) in [5.74, 6) is -0.949. The Bertz CT molecular complexity index is 1790. The number of fused-ring (bicyclic) bond motifs is 2. The molecule has 39 heavy (non-hydrogen) atoms. The third-order valence-electron chi connectivity index (χ3n) is 6.58. The molecule has 192 valence electrons. The molecule has 0 saturated carbocycles. The summed E-state index contributed by atoms with van der Waals surface area (Å²) in [6, 6.07) is 29.3. The molecule has 2 heterocycles. The highest BCUT2D eigenvalue weighted by atomic mass is 35.5. The fourth-order valence-corrected chi connectivity index (χ4v) is 5.66. The fourth-order valence-electron chi connectivity index (χ4n) is 4.71. The summed E-state index contributed by atoms with van der Waals surface area (Å²) in [4.78, 5) is 39.6. The second-order valence-electron chi connectivity index (χ2n) is 9.23. The van der Waals surface area contributed by atoms with E-state index in [0.717, 1.165) is 38.7 Å². The SMILES string of the molecule is O=C(CN1C(=O)S/C(=C\c2cn(Cc3ccc4ccccc4c3)c3ccccc23)C1=O)Nc1ccc(Cl)cc1. The maximum Gasteiger partial charge on any atom is 0.294 e. The van der Waals surface area contributed by atoms with Crippen LogP contribution < -0.4 is 5.32 Å². The Balaban J connectivity index is 1.24. The second kappa shape index (κ2) is 10.4. The lowest BCUT2D eigenvalue weighted by molar-refractivity contribution is -0.127. The normalized spacial score (nSPS) is 14.6. The molecule has 0 aliphatic carbocycles. The lowest BCUT2D eigenvalue weighted by atomic mass is 10.1. The monoisotopic (exact) mass is 551 g/mol. The zero-order valence-corrected chi connectivity index (χ0v) is 22.2. The van der Waals surface area contributed by atoms with Gasteiger partial charge in [0.25, 0.3) is 11.1 Å². The maximum atomic E-state index is 13.1. The first kappa shape index (κ1) is 25.0. The minimum atomic E-state index is -0.484. The Labute approximate surface area is 233 Å². The number of nitrogens with zero attached hydrogens (tertiary/aromatic N) is 2. The van der Waals surface area contributed by atoms with Gasteiger partial charge in [-0.25, -0.2) is 0 Å². The van der Waals surface area contributed by atoms with Gasteiger partial charge in [-0.05, 0) is 70.6 Å². The highest BCUT2D eigenvalue weighted by Crippen LogP contribution is 2.34. The number of amides is 3. The Morgan fingerprint density at radius 3 is 2.46 bits per heavy atom. The smallest absolute Gasteiger partial charge is 0.294 e. The van der Waals surface area contributed by atoms with E-state index in [1.54, 1.807) is 30.3 Å². The molecule has 6 rings (SSSR count). The second-order valence-corrected chi connectivity index (χ2v) is 10.7. The summed E-state index contributed by atoms with van der Waals surface area (Å²) in [6.45, 7) is 0.292. The Morgan fingerprint density at radius 2 is 1.64 bits per heavy atom. The van der Waals surface area contributed by atoms with Gasteiger partial charge in [0.2, 0.25) is 5.91 Å². The molecule has 0 unspecified atom stereocenters. The van der Waals surface area contributed by atoms with Crippen molar-refractivity contribution in [3.63, 3.8) is 0 Å². The van der Waals surface area contributed by atoms with Crippen LogP contribution in [0.25, 0.3) is 27.8 Å². The zero-order valence-electron chi connectivity index (χ0n) is 20.6. The van der Waals surface area contributed by atoms with Crippen molar-refractivity contribution in [2.24, 2.45) is 0 Å². The largest absolute Gasteiger partial charge is 0.342 e. The van der Waals surface area contributed by atoms with Crippen LogP contribution in [0.1, 0.15) is 11.1 Å². The molecular weight excluding hydrogens is 530 g/mol. The molecule has 0 bridgehead atoms. The summed E-state index contributed by atoms with van der Waals surface area (Å²) < 4.78 is 2.15. The van der Waals surface area contributed by atoms with E-state index in [9.17, 15) is 14.4 Å². The molecule has 1 aromatic heterocycles. The molecule has 1 N–H and O–H groups in total. The first-order chi connectivity index (χ1) is 18.9. The molecular formula is C31H22ClN3O3S. The van der Waals surface area contributed by atoms with E-state index < -0.39 is 17.1 Å². The van der Waals surface area contributed by atoms with Gasteiger partial charge in [0, 0.05) is 39.9 Å². The van der Waals surface area contributed by atoms with Crippen LogP contribution in [0.5, 0.6) is 0 Å². The number of thioether (sulfide) groups is 1. The van der Waals surface area contributed by atoms with Crippen molar-refractivity contribution in [2.75, 3.05) is 11.9 Å². The van der Waals surface area contributed by atoms with Crippen LogP contribution in [0.4, 0.5) is 10.5 Å². The number of aromatic nitrogens is 1. The van der Waals surface area contributed by atoms with Crippen molar-refractivity contribution in [3.05, 3.63) is 118 Å². The van der Waals surface area contributed by atoms with Gasteiger partial charge in [0.05, 0.1) is 4.91 Å². The van der Waals surface area contributed by atoms with Crippen LogP contribution in [0.15, 0.2) is 102 Å². The molecule has 1 aliphatic rings. The standard InChI is InChI=1S/C31H22ClN3O3S/c32-24-11-13-25(14-12-24)33-29(36)19-35-30(37)28(39-31(35)38)16-23-18-34(27-8-4-3-7-26(23)27)17-20-9-10-21-5-1-2-6-22(21)15-20/h1-16,18H,17,19H2,(H,33,36)/b28-16-. The number of carbonyl (C=O) groups excluding carboxylic acids is 3. The summed E-state index contributed by atoms with van der Waals surface area (Å²) in [6.07, 6.45) is 3.74. The van der Waals surface area contributed by atoms with Gasteiger partial charge >= 0.3 is 0 Å². The number of rotatable bonds is 6. The molecule has 1 aliphatic heterocycles. The molecule has 5 aromatic rings. The molecule has 0 atom stereocenters. The number of halogens is 1. The molecule has 0 spiro atoms. The number of para-hydroxylation sites is 1. The highest BCUT2D eigenvalue weighted by Gasteiger charge is 2.36. The van der Waals surface area contributed by atoms with Crippen LogP contribution >= 0.6 is 23.4 Å². The van der Waals surface area contributed by atoms with Gasteiger partial charge in [-0.2, -0.15) is 0 Å². The number of anilines is 1. The van der Waals surface area contributed by atoms with Crippen molar-refractivity contribution in [1.82, 2.24) is 9.47 Å². The lowest BCUT2D eigenvalue weighted by Gasteiger charge is -2.12. The highest BCUT2D eigenvalue weighted by molar-refractivity contribution is 8.18. The maximum absolute atomic E-state index is 13.1. The third-order valence-corrected chi connectivity index (χ3v) is 7.74. The van der Waals surface area contributed by atoms with E-state index in [4.69, 9.17) is 11.6 Å². The number of imide groups is 1. The van der Waals surface area contributed by atoms with Gasteiger partial charge in [0.15, 0.2) is 0 Å². The van der Waals surface area contributed by atoms with Gasteiger partial charge < -0.3 is 9.88 Å². The number of hydrogen-bond donors (Lipinski definition) is 1. The average molecular weight is 552 g/mol. The Hall–Kier alpha value is -4.33. The van der Waals surface area contributed by atoms with Crippen LogP contribution in [0.2, 0.25) is 5.02 Å². The number of carbonyl (C=O) groups is 3. The Kier molecular flexibility index (Phi) is 6.69. The molecule has 1 saturated heterocycles. The summed E-state index contributed by atoms with van der Waals surface area (Å²) in [5, 5.41) is 6.11.